The first-order chi connectivity index (χ1) is 16.2. The molecular weight excluding hydrogens is 528 g/mol. The van der Waals surface area contributed by atoms with Gasteiger partial charge in [0.1, 0.15) is 5.75 Å². The number of hydrazone groups is 1. The molecule has 9 nitrogen and oxygen atoms in total. The predicted molar refractivity (Wildman–Crippen MR) is 133 cm³/mol. The number of ether oxygens (including phenoxy) is 1. The summed E-state index contributed by atoms with van der Waals surface area (Å²) in [6.45, 7) is 1.59. The van der Waals surface area contributed by atoms with Crippen LogP contribution in [0.15, 0.2) is 70.2 Å². The number of nitro benzene ring substituents is 1. The van der Waals surface area contributed by atoms with Crippen molar-refractivity contribution in [1.82, 2.24) is 5.43 Å². The van der Waals surface area contributed by atoms with Gasteiger partial charge in [-0.1, -0.05) is 39.7 Å². The van der Waals surface area contributed by atoms with E-state index in [0.29, 0.717) is 22.0 Å². The van der Waals surface area contributed by atoms with Crippen molar-refractivity contribution in [3.8, 4) is 5.75 Å². The second-order valence-electron chi connectivity index (χ2n) is 6.99. The van der Waals surface area contributed by atoms with Crippen LogP contribution in [0.3, 0.4) is 0 Å². The quantitative estimate of drug-likeness (QED) is 0.232. The molecule has 0 bridgehead atoms. The molecule has 34 heavy (non-hydrogen) atoms. The number of hydrogen-bond acceptors (Lipinski definition) is 6. The van der Waals surface area contributed by atoms with Crippen molar-refractivity contribution in [2.24, 2.45) is 5.10 Å². The van der Waals surface area contributed by atoms with Gasteiger partial charge in [-0.05, 0) is 48.9 Å². The molecule has 0 saturated heterocycles. The van der Waals surface area contributed by atoms with Crippen LogP contribution >= 0.6 is 27.5 Å². The number of carbonyl (C=O) groups is 2. The molecular formula is C23H18BrClN4O5. The molecule has 3 aromatic rings. The molecule has 0 aromatic heterocycles. The molecule has 0 spiro atoms. The zero-order valence-electron chi connectivity index (χ0n) is 17.7. The largest absolute Gasteiger partial charge is 0.483 e. The van der Waals surface area contributed by atoms with E-state index in [1.165, 1.54) is 24.4 Å². The molecule has 0 radical (unpaired) electrons. The van der Waals surface area contributed by atoms with Crippen LogP contribution in [0, 0.1) is 17.0 Å². The maximum Gasteiger partial charge on any atom is 0.271 e. The van der Waals surface area contributed by atoms with Crippen molar-refractivity contribution in [2.75, 3.05) is 11.9 Å². The summed E-state index contributed by atoms with van der Waals surface area (Å²) < 4.78 is 6.35. The van der Waals surface area contributed by atoms with Gasteiger partial charge in [-0.15, -0.1) is 0 Å². The monoisotopic (exact) mass is 544 g/mol. The van der Waals surface area contributed by atoms with Gasteiger partial charge in [0, 0.05) is 38.4 Å². The van der Waals surface area contributed by atoms with Crippen LogP contribution < -0.4 is 15.5 Å². The SMILES string of the molecule is Cc1ccc(NC(=O)COc2ccc(Br)cc2/C=N/NC(=O)c2cccc([N+](=O)[O-])c2)cc1Cl. The van der Waals surface area contributed by atoms with Crippen LogP contribution in [0.25, 0.3) is 0 Å². The minimum absolute atomic E-state index is 0.0879. The Morgan fingerprint density at radius 1 is 1.18 bits per heavy atom. The number of nitrogens with one attached hydrogen (secondary N) is 2. The first-order valence-corrected chi connectivity index (χ1v) is 11.0. The Bertz CT molecular complexity index is 1280. The third kappa shape index (κ3) is 6.87. The van der Waals surface area contributed by atoms with Gasteiger partial charge in [-0.3, -0.25) is 19.7 Å². The molecule has 3 rings (SSSR count). The molecule has 0 unspecified atom stereocenters. The number of halogens is 2. The maximum atomic E-state index is 12.3. The van der Waals surface area contributed by atoms with Gasteiger partial charge in [0.15, 0.2) is 6.61 Å². The van der Waals surface area contributed by atoms with Crippen molar-refractivity contribution < 1.29 is 19.2 Å². The fourth-order valence-corrected chi connectivity index (χ4v) is 3.31. The average Bonchev–Trinajstić information content (AvgIpc) is 2.81. The molecule has 0 fully saturated rings. The molecule has 174 valence electrons. The smallest absolute Gasteiger partial charge is 0.271 e. The van der Waals surface area contributed by atoms with Crippen LogP contribution in [0.1, 0.15) is 21.5 Å². The van der Waals surface area contributed by atoms with Gasteiger partial charge >= 0.3 is 0 Å². The minimum atomic E-state index is -0.617. The lowest BCUT2D eigenvalue weighted by Gasteiger charge is -2.11. The summed E-state index contributed by atoms with van der Waals surface area (Å²) in [5.41, 5.74) is 4.13. The van der Waals surface area contributed by atoms with Crippen LogP contribution in [0.5, 0.6) is 5.75 Å². The van der Waals surface area contributed by atoms with Crippen LogP contribution in [-0.2, 0) is 4.79 Å². The zero-order valence-corrected chi connectivity index (χ0v) is 20.1. The lowest BCUT2D eigenvalue weighted by Crippen LogP contribution is -2.20. The number of carbonyl (C=O) groups excluding carboxylic acids is 2. The number of hydrogen-bond donors (Lipinski definition) is 2. The van der Waals surface area contributed by atoms with Crippen molar-refractivity contribution in [3.63, 3.8) is 0 Å². The lowest BCUT2D eigenvalue weighted by atomic mass is 10.2. The summed E-state index contributed by atoms with van der Waals surface area (Å²) in [5.74, 6) is -0.646. The first-order valence-electron chi connectivity index (χ1n) is 9.79. The number of anilines is 1. The van der Waals surface area contributed by atoms with Gasteiger partial charge in [0.2, 0.25) is 0 Å². The number of nitro groups is 1. The van der Waals surface area contributed by atoms with E-state index in [0.717, 1.165) is 16.1 Å². The second-order valence-corrected chi connectivity index (χ2v) is 8.31. The highest BCUT2D eigenvalue weighted by molar-refractivity contribution is 9.10. The second kappa shape index (κ2) is 11.4. The molecule has 0 aliphatic heterocycles. The highest BCUT2D eigenvalue weighted by atomic mass is 79.9. The normalized spacial score (nSPS) is 10.7. The van der Waals surface area contributed by atoms with Crippen molar-refractivity contribution in [2.45, 2.75) is 6.92 Å². The van der Waals surface area contributed by atoms with E-state index in [-0.39, 0.29) is 23.8 Å². The van der Waals surface area contributed by atoms with Gasteiger partial charge in [0.05, 0.1) is 11.1 Å². The maximum absolute atomic E-state index is 12.3. The van der Waals surface area contributed by atoms with Crippen LogP contribution in [-0.4, -0.2) is 29.6 Å². The van der Waals surface area contributed by atoms with E-state index < -0.39 is 10.8 Å². The van der Waals surface area contributed by atoms with Gasteiger partial charge in [0.25, 0.3) is 17.5 Å². The van der Waals surface area contributed by atoms with Crippen LogP contribution in [0.2, 0.25) is 5.02 Å². The first kappa shape index (κ1) is 24.9. The molecule has 11 heteroatoms. The van der Waals surface area contributed by atoms with Crippen molar-refractivity contribution in [1.29, 1.82) is 0 Å². The summed E-state index contributed by atoms with van der Waals surface area (Å²) in [7, 11) is 0. The summed E-state index contributed by atoms with van der Waals surface area (Å²) in [4.78, 5) is 34.8. The number of nitrogens with zero attached hydrogens (tertiary/aromatic N) is 2. The Kier molecular flexibility index (Phi) is 8.34. The Hall–Kier alpha value is -3.76. The number of amides is 2. The van der Waals surface area contributed by atoms with E-state index in [9.17, 15) is 19.7 Å². The van der Waals surface area contributed by atoms with Crippen LogP contribution in [0.4, 0.5) is 11.4 Å². The molecule has 0 aliphatic carbocycles. The van der Waals surface area contributed by atoms with Crippen molar-refractivity contribution >= 4 is 56.9 Å². The Labute approximate surface area is 208 Å². The Morgan fingerprint density at radius 2 is 1.97 bits per heavy atom. The van der Waals surface area contributed by atoms with E-state index in [4.69, 9.17) is 16.3 Å². The van der Waals surface area contributed by atoms with E-state index >= 15 is 0 Å². The van der Waals surface area contributed by atoms with Crippen molar-refractivity contribution in [3.05, 3.63) is 97.0 Å². The molecule has 2 amide bonds. The third-order valence-electron chi connectivity index (χ3n) is 4.48. The number of aryl methyl sites for hydroxylation is 1. The topological polar surface area (TPSA) is 123 Å². The lowest BCUT2D eigenvalue weighted by molar-refractivity contribution is -0.384. The molecule has 0 atom stereocenters. The summed E-state index contributed by atoms with van der Waals surface area (Å²) in [6.07, 6.45) is 1.34. The highest BCUT2D eigenvalue weighted by Gasteiger charge is 2.11. The van der Waals surface area contributed by atoms with E-state index in [2.05, 4.69) is 31.8 Å². The standard InChI is InChI=1S/C23H18BrClN4O5/c1-14-5-7-18(11-20(14)25)27-22(30)13-34-21-8-6-17(24)9-16(21)12-26-28-23(31)15-3-2-4-19(10-15)29(32)33/h2-12H,13H2,1H3,(H,27,30)(H,28,31)/b26-12+. The summed E-state index contributed by atoms with van der Waals surface area (Å²) in [5, 5.41) is 18.0. The Balaban J connectivity index is 1.63. The van der Waals surface area contributed by atoms with Gasteiger partial charge < -0.3 is 10.1 Å². The third-order valence-corrected chi connectivity index (χ3v) is 5.38. The Morgan fingerprint density at radius 3 is 2.71 bits per heavy atom. The molecule has 0 saturated carbocycles. The number of rotatable bonds is 8. The fourth-order valence-electron chi connectivity index (χ4n) is 2.75. The van der Waals surface area contributed by atoms with E-state index in [1.807, 2.05) is 6.92 Å². The van der Waals surface area contributed by atoms with E-state index in [1.54, 1.807) is 36.4 Å². The average molecular weight is 546 g/mol. The highest BCUT2D eigenvalue weighted by Crippen LogP contribution is 2.23. The molecule has 3 aromatic carbocycles. The molecule has 0 aliphatic rings. The zero-order chi connectivity index (χ0) is 24.7. The van der Waals surface area contributed by atoms with Gasteiger partial charge in [-0.2, -0.15) is 5.10 Å². The molecule has 2 N–H and O–H groups in total. The number of benzene rings is 3. The predicted octanol–water partition coefficient (Wildman–Crippen LogP) is 5.10. The molecule has 0 heterocycles. The minimum Gasteiger partial charge on any atom is -0.483 e. The van der Waals surface area contributed by atoms with Gasteiger partial charge in [-0.25, -0.2) is 5.43 Å². The number of non-ortho nitro benzene ring substituents is 1. The summed E-state index contributed by atoms with van der Waals surface area (Å²) in [6, 6.07) is 15.5. The fraction of sp³-hybridized carbons (Fsp3) is 0.0870. The summed E-state index contributed by atoms with van der Waals surface area (Å²) >= 11 is 9.43.